The lowest BCUT2D eigenvalue weighted by molar-refractivity contribution is -0.0448. The van der Waals surface area contributed by atoms with Crippen molar-refractivity contribution in [2.45, 2.75) is 31.9 Å². The molecule has 6 heteroatoms. The summed E-state index contributed by atoms with van der Waals surface area (Å²) < 4.78 is 7.80. The second kappa shape index (κ2) is 8.29. The normalized spacial score (nSPS) is 23.0. The van der Waals surface area contributed by atoms with E-state index in [1.54, 1.807) is 0 Å². The van der Waals surface area contributed by atoms with Gasteiger partial charge in [-0.05, 0) is 37.8 Å². The average molecular weight is 418 g/mol. The SMILES string of the molecule is Cc1c(C(=O)N2CCOC3C[C@H](CO)C[C@@H]32)c(-c2ccccc2)nn1-c1ccccc1. The van der Waals surface area contributed by atoms with Crippen molar-refractivity contribution in [3.05, 3.63) is 71.9 Å². The number of aliphatic hydroxyl groups is 1. The third-order valence-corrected chi connectivity index (χ3v) is 6.53. The van der Waals surface area contributed by atoms with Gasteiger partial charge in [0.25, 0.3) is 5.91 Å². The monoisotopic (exact) mass is 417 g/mol. The van der Waals surface area contributed by atoms with Crippen LogP contribution < -0.4 is 0 Å². The zero-order valence-corrected chi connectivity index (χ0v) is 17.6. The first kappa shape index (κ1) is 20.0. The van der Waals surface area contributed by atoms with E-state index >= 15 is 0 Å². The third-order valence-electron chi connectivity index (χ3n) is 6.53. The lowest BCUT2D eigenvalue weighted by atomic mass is 10.0. The molecule has 2 aromatic carbocycles. The Bertz CT molecular complexity index is 1060. The Hall–Kier alpha value is -2.96. The van der Waals surface area contributed by atoms with Gasteiger partial charge in [0, 0.05) is 18.7 Å². The number of amides is 1. The van der Waals surface area contributed by atoms with Crippen LogP contribution in [-0.2, 0) is 4.74 Å². The van der Waals surface area contributed by atoms with Crippen LogP contribution in [0.1, 0.15) is 28.9 Å². The van der Waals surface area contributed by atoms with Crippen molar-refractivity contribution in [1.82, 2.24) is 14.7 Å². The van der Waals surface area contributed by atoms with E-state index in [0.717, 1.165) is 29.8 Å². The molecular weight excluding hydrogens is 390 g/mol. The number of ether oxygens (including phenoxy) is 1. The summed E-state index contributed by atoms with van der Waals surface area (Å²) in [6, 6.07) is 19.8. The minimum absolute atomic E-state index is 0.000463. The van der Waals surface area contributed by atoms with E-state index < -0.39 is 0 Å². The molecule has 5 rings (SSSR count). The number of fused-ring (bicyclic) bond motifs is 1. The Labute approximate surface area is 182 Å². The first-order chi connectivity index (χ1) is 15.2. The van der Waals surface area contributed by atoms with Crippen molar-refractivity contribution in [3.8, 4) is 16.9 Å². The molecule has 1 saturated carbocycles. The minimum Gasteiger partial charge on any atom is -0.396 e. The smallest absolute Gasteiger partial charge is 0.258 e. The Balaban J connectivity index is 1.59. The molecule has 1 aliphatic carbocycles. The van der Waals surface area contributed by atoms with Gasteiger partial charge in [-0.25, -0.2) is 4.68 Å². The summed E-state index contributed by atoms with van der Waals surface area (Å²) in [5.41, 5.74) is 4.02. The number of aromatic nitrogens is 2. The summed E-state index contributed by atoms with van der Waals surface area (Å²) in [5.74, 6) is 0.181. The molecule has 0 bridgehead atoms. The van der Waals surface area contributed by atoms with Gasteiger partial charge in [-0.3, -0.25) is 4.79 Å². The molecular formula is C25H27N3O3. The zero-order valence-electron chi connectivity index (χ0n) is 17.6. The van der Waals surface area contributed by atoms with Crippen LogP contribution in [0.5, 0.6) is 0 Å². The highest BCUT2D eigenvalue weighted by atomic mass is 16.5. The second-order valence-corrected chi connectivity index (χ2v) is 8.42. The summed E-state index contributed by atoms with van der Waals surface area (Å²) >= 11 is 0. The van der Waals surface area contributed by atoms with E-state index in [9.17, 15) is 9.90 Å². The number of nitrogens with zero attached hydrogens (tertiary/aromatic N) is 3. The molecule has 1 unspecified atom stereocenters. The van der Waals surface area contributed by atoms with Gasteiger partial charge >= 0.3 is 0 Å². The number of morpholine rings is 1. The highest BCUT2D eigenvalue weighted by molar-refractivity contribution is 6.01. The Kier molecular flexibility index (Phi) is 5.34. The van der Waals surface area contributed by atoms with Gasteiger partial charge in [-0.1, -0.05) is 48.5 Å². The van der Waals surface area contributed by atoms with Crippen molar-refractivity contribution in [1.29, 1.82) is 0 Å². The quantitative estimate of drug-likeness (QED) is 0.706. The maximum Gasteiger partial charge on any atom is 0.258 e. The third kappa shape index (κ3) is 3.56. The van der Waals surface area contributed by atoms with Crippen molar-refractivity contribution < 1.29 is 14.6 Å². The molecule has 1 amide bonds. The number of para-hydroxylation sites is 1. The van der Waals surface area contributed by atoms with Crippen LogP contribution in [0.4, 0.5) is 0 Å². The van der Waals surface area contributed by atoms with Crippen LogP contribution in [0.2, 0.25) is 0 Å². The molecule has 2 heterocycles. The molecule has 6 nitrogen and oxygen atoms in total. The van der Waals surface area contributed by atoms with Gasteiger partial charge in [0.1, 0.15) is 5.69 Å². The van der Waals surface area contributed by atoms with Crippen LogP contribution in [0.3, 0.4) is 0 Å². The fourth-order valence-corrected chi connectivity index (χ4v) is 4.97. The largest absolute Gasteiger partial charge is 0.396 e. The summed E-state index contributed by atoms with van der Waals surface area (Å²) in [7, 11) is 0. The molecule has 1 aromatic heterocycles. The van der Waals surface area contributed by atoms with Crippen molar-refractivity contribution in [2.75, 3.05) is 19.8 Å². The number of benzene rings is 2. The second-order valence-electron chi connectivity index (χ2n) is 8.42. The number of hydrogen-bond donors (Lipinski definition) is 1. The van der Waals surface area contributed by atoms with Crippen molar-refractivity contribution in [2.24, 2.45) is 5.92 Å². The van der Waals surface area contributed by atoms with Crippen LogP contribution in [0.15, 0.2) is 60.7 Å². The van der Waals surface area contributed by atoms with Crippen LogP contribution >= 0.6 is 0 Å². The van der Waals surface area contributed by atoms with Crippen LogP contribution in [-0.4, -0.2) is 57.6 Å². The molecule has 0 spiro atoms. The number of rotatable bonds is 4. The molecule has 31 heavy (non-hydrogen) atoms. The zero-order chi connectivity index (χ0) is 21.4. The summed E-state index contributed by atoms with van der Waals surface area (Å²) in [6.45, 7) is 3.18. The molecule has 1 aliphatic heterocycles. The maximum absolute atomic E-state index is 14.0. The van der Waals surface area contributed by atoms with E-state index in [4.69, 9.17) is 9.84 Å². The predicted octanol–water partition coefficient (Wildman–Crippen LogP) is 3.46. The number of hydrogen-bond acceptors (Lipinski definition) is 4. The molecule has 2 fully saturated rings. The first-order valence-electron chi connectivity index (χ1n) is 10.9. The van der Waals surface area contributed by atoms with Crippen LogP contribution in [0, 0.1) is 12.8 Å². The molecule has 3 atom stereocenters. The van der Waals surface area contributed by atoms with E-state index in [-0.39, 0.29) is 30.6 Å². The molecule has 2 aliphatic rings. The topological polar surface area (TPSA) is 67.6 Å². The maximum atomic E-state index is 14.0. The Morgan fingerprint density at radius 3 is 2.52 bits per heavy atom. The summed E-state index contributed by atoms with van der Waals surface area (Å²) in [6.07, 6.45) is 1.58. The van der Waals surface area contributed by atoms with E-state index in [1.807, 2.05) is 77.2 Å². The molecule has 0 radical (unpaired) electrons. The number of aliphatic hydroxyl groups excluding tert-OH is 1. The standard InChI is InChI=1S/C25H27N3O3/c1-17-23(25(30)27-12-13-31-22-15-18(16-29)14-21(22)27)24(19-8-4-2-5-9-19)26-28(17)20-10-6-3-7-11-20/h2-11,18,21-22,29H,12-16H2,1H3/t18-,21+,22?/m1/s1. The molecule has 3 aromatic rings. The number of carbonyl (C=O) groups excluding carboxylic acids is 1. The highest BCUT2D eigenvalue weighted by Crippen LogP contribution is 2.36. The van der Waals surface area contributed by atoms with E-state index in [2.05, 4.69) is 0 Å². The van der Waals surface area contributed by atoms with Gasteiger partial charge < -0.3 is 14.7 Å². The van der Waals surface area contributed by atoms with Gasteiger partial charge in [-0.15, -0.1) is 0 Å². The van der Waals surface area contributed by atoms with E-state index in [0.29, 0.717) is 24.4 Å². The highest BCUT2D eigenvalue weighted by Gasteiger charge is 2.43. The summed E-state index contributed by atoms with van der Waals surface area (Å²) in [5, 5.41) is 14.5. The lowest BCUT2D eigenvalue weighted by Crippen LogP contribution is -2.51. The molecule has 1 saturated heterocycles. The van der Waals surface area contributed by atoms with Gasteiger partial charge in [0.2, 0.25) is 0 Å². The van der Waals surface area contributed by atoms with Gasteiger partial charge in [-0.2, -0.15) is 5.10 Å². The Morgan fingerprint density at radius 2 is 1.81 bits per heavy atom. The van der Waals surface area contributed by atoms with Crippen molar-refractivity contribution >= 4 is 5.91 Å². The summed E-state index contributed by atoms with van der Waals surface area (Å²) in [4.78, 5) is 15.9. The fraction of sp³-hybridized carbons (Fsp3) is 0.360. The fourth-order valence-electron chi connectivity index (χ4n) is 4.97. The van der Waals surface area contributed by atoms with Crippen LogP contribution in [0.25, 0.3) is 16.9 Å². The minimum atomic E-state index is -0.00424. The van der Waals surface area contributed by atoms with Gasteiger partial charge in [0.05, 0.1) is 35.7 Å². The first-order valence-corrected chi connectivity index (χ1v) is 10.9. The van der Waals surface area contributed by atoms with E-state index in [1.165, 1.54) is 0 Å². The van der Waals surface area contributed by atoms with Crippen molar-refractivity contribution in [3.63, 3.8) is 0 Å². The number of carbonyl (C=O) groups is 1. The van der Waals surface area contributed by atoms with Gasteiger partial charge in [0.15, 0.2) is 0 Å². The Morgan fingerprint density at radius 1 is 1.10 bits per heavy atom. The average Bonchev–Trinajstić information content (AvgIpc) is 3.40. The predicted molar refractivity (Wildman–Crippen MR) is 118 cm³/mol. The lowest BCUT2D eigenvalue weighted by Gasteiger charge is -2.37. The molecule has 160 valence electrons. The molecule has 1 N–H and O–H groups in total.